The molecule has 0 saturated carbocycles. The Labute approximate surface area is 124 Å². The minimum Gasteiger partial charge on any atom is -0.464 e. The van der Waals surface area contributed by atoms with Gasteiger partial charge in [-0.25, -0.2) is 0 Å². The summed E-state index contributed by atoms with van der Waals surface area (Å²) in [7, 11) is 1.63. The maximum atomic E-state index is 12.2. The van der Waals surface area contributed by atoms with Crippen LogP contribution in [0.4, 0.5) is 0 Å². The van der Waals surface area contributed by atoms with Gasteiger partial charge in [0, 0.05) is 26.7 Å². The maximum absolute atomic E-state index is 12.2. The van der Waals surface area contributed by atoms with Crippen molar-refractivity contribution in [2.24, 2.45) is 0 Å². The average Bonchev–Trinajstić information content (AvgIpc) is 3.02. The SMILES string of the molecule is COCCCNC(=O)[C@H]1CCC(=O)N1Cc1ccc(C)o1. The van der Waals surface area contributed by atoms with E-state index < -0.39 is 6.04 Å². The fourth-order valence-corrected chi connectivity index (χ4v) is 2.49. The minimum absolute atomic E-state index is 0.00101. The van der Waals surface area contributed by atoms with Gasteiger partial charge in [-0.15, -0.1) is 0 Å². The molecule has 0 spiro atoms. The third-order valence-electron chi connectivity index (χ3n) is 3.58. The van der Waals surface area contributed by atoms with Crippen molar-refractivity contribution in [3.05, 3.63) is 23.7 Å². The molecule has 21 heavy (non-hydrogen) atoms. The second-order valence-electron chi connectivity index (χ2n) is 5.23. The van der Waals surface area contributed by atoms with Crippen LogP contribution in [-0.2, 0) is 20.9 Å². The maximum Gasteiger partial charge on any atom is 0.242 e. The molecular formula is C15H22N2O4. The van der Waals surface area contributed by atoms with Crippen LogP contribution < -0.4 is 5.32 Å². The number of ether oxygens (including phenoxy) is 1. The van der Waals surface area contributed by atoms with Gasteiger partial charge in [-0.2, -0.15) is 0 Å². The first-order chi connectivity index (χ1) is 10.1. The van der Waals surface area contributed by atoms with Crippen LogP contribution in [0.2, 0.25) is 0 Å². The van der Waals surface area contributed by atoms with E-state index in [1.54, 1.807) is 12.0 Å². The van der Waals surface area contributed by atoms with Crippen LogP contribution in [0.5, 0.6) is 0 Å². The van der Waals surface area contributed by atoms with Crippen molar-refractivity contribution in [2.75, 3.05) is 20.3 Å². The summed E-state index contributed by atoms with van der Waals surface area (Å²) in [4.78, 5) is 25.7. The molecule has 0 aromatic carbocycles. The van der Waals surface area contributed by atoms with Crippen LogP contribution in [0, 0.1) is 6.92 Å². The largest absolute Gasteiger partial charge is 0.464 e. The van der Waals surface area contributed by atoms with Gasteiger partial charge in [0.05, 0.1) is 6.54 Å². The van der Waals surface area contributed by atoms with E-state index in [0.29, 0.717) is 38.3 Å². The third kappa shape index (κ3) is 4.07. The Morgan fingerprint density at radius 3 is 3.00 bits per heavy atom. The number of furan rings is 1. The second kappa shape index (κ2) is 7.26. The van der Waals surface area contributed by atoms with Crippen molar-refractivity contribution in [1.82, 2.24) is 10.2 Å². The van der Waals surface area contributed by atoms with Gasteiger partial charge in [0.15, 0.2) is 0 Å². The van der Waals surface area contributed by atoms with E-state index in [1.807, 2.05) is 19.1 Å². The molecule has 116 valence electrons. The highest BCUT2D eigenvalue weighted by atomic mass is 16.5. The van der Waals surface area contributed by atoms with E-state index >= 15 is 0 Å². The third-order valence-corrected chi connectivity index (χ3v) is 3.58. The molecule has 6 nitrogen and oxygen atoms in total. The standard InChI is InChI=1S/C15H22N2O4/c1-11-4-5-12(21-11)10-17-13(6-7-14(17)18)15(19)16-8-3-9-20-2/h4-5,13H,3,6-10H2,1-2H3,(H,16,19)/t13-/m1/s1. The summed E-state index contributed by atoms with van der Waals surface area (Å²) in [5.74, 6) is 1.42. The molecule has 2 amide bonds. The Morgan fingerprint density at radius 1 is 1.52 bits per heavy atom. The quantitative estimate of drug-likeness (QED) is 0.768. The number of carbonyl (C=O) groups is 2. The smallest absolute Gasteiger partial charge is 0.242 e. The molecule has 1 aliphatic rings. The van der Waals surface area contributed by atoms with Crippen LogP contribution in [-0.4, -0.2) is 43.0 Å². The van der Waals surface area contributed by atoms with E-state index in [-0.39, 0.29) is 11.8 Å². The zero-order valence-electron chi connectivity index (χ0n) is 12.6. The Hall–Kier alpha value is -1.82. The normalized spacial score (nSPS) is 18.3. The molecule has 6 heteroatoms. The van der Waals surface area contributed by atoms with Crippen molar-refractivity contribution < 1.29 is 18.7 Å². The molecule has 2 heterocycles. The van der Waals surface area contributed by atoms with E-state index in [9.17, 15) is 9.59 Å². The molecule has 1 N–H and O–H groups in total. The fourth-order valence-electron chi connectivity index (χ4n) is 2.49. The molecule has 0 radical (unpaired) electrons. The van der Waals surface area contributed by atoms with Crippen molar-refractivity contribution >= 4 is 11.8 Å². The summed E-state index contributed by atoms with van der Waals surface area (Å²) in [5.41, 5.74) is 0. The molecule has 1 aromatic heterocycles. The summed E-state index contributed by atoms with van der Waals surface area (Å²) in [6.07, 6.45) is 1.74. The van der Waals surface area contributed by atoms with Gasteiger partial charge >= 0.3 is 0 Å². The Balaban J connectivity index is 1.91. The highest BCUT2D eigenvalue weighted by molar-refractivity contribution is 5.90. The first-order valence-electron chi connectivity index (χ1n) is 7.23. The fraction of sp³-hybridized carbons (Fsp3) is 0.600. The first kappa shape index (κ1) is 15.6. The van der Waals surface area contributed by atoms with Gasteiger partial charge < -0.3 is 19.4 Å². The minimum atomic E-state index is -0.398. The van der Waals surface area contributed by atoms with Crippen LogP contribution in [0.25, 0.3) is 0 Å². The molecule has 1 aromatic rings. The summed E-state index contributed by atoms with van der Waals surface area (Å²) in [5, 5.41) is 2.86. The lowest BCUT2D eigenvalue weighted by atomic mass is 10.2. The number of hydrogen-bond acceptors (Lipinski definition) is 4. The number of nitrogens with zero attached hydrogens (tertiary/aromatic N) is 1. The highest BCUT2D eigenvalue weighted by Crippen LogP contribution is 2.22. The number of carbonyl (C=O) groups excluding carboxylic acids is 2. The van der Waals surface area contributed by atoms with Crippen LogP contribution in [0.3, 0.4) is 0 Å². The van der Waals surface area contributed by atoms with Crippen molar-refractivity contribution in [3.63, 3.8) is 0 Å². The number of hydrogen-bond donors (Lipinski definition) is 1. The second-order valence-corrected chi connectivity index (χ2v) is 5.23. The molecule has 1 aliphatic heterocycles. The number of amides is 2. The molecule has 1 fully saturated rings. The Morgan fingerprint density at radius 2 is 2.33 bits per heavy atom. The zero-order chi connectivity index (χ0) is 15.2. The van der Waals surface area contributed by atoms with Crippen molar-refractivity contribution in [3.8, 4) is 0 Å². The first-order valence-corrected chi connectivity index (χ1v) is 7.23. The highest BCUT2D eigenvalue weighted by Gasteiger charge is 2.36. The summed E-state index contributed by atoms with van der Waals surface area (Å²) >= 11 is 0. The molecule has 1 atom stereocenters. The number of rotatable bonds is 7. The lowest BCUT2D eigenvalue weighted by Gasteiger charge is -2.23. The van der Waals surface area contributed by atoms with Gasteiger partial charge in [-0.3, -0.25) is 9.59 Å². The number of methoxy groups -OCH3 is 1. The van der Waals surface area contributed by atoms with Gasteiger partial charge in [0.1, 0.15) is 17.6 Å². The van der Waals surface area contributed by atoms with Crippen molar-refractivity contribution in [1.29, 1.82) is 0 Å². The Bertz CT molecular complexity index is 498. The topological polar surface area (TPSA) is 71.8 Å². The van der Waals surface area contributed by atoms with E-state index in [2.05, 4.69) is 5.32 Å². The lowest BCUT2D eigenvalue weighted by Crippen LogP contribution is -2.44. The van der Waals surface area contributed by atoms with Crippen LogP contribution in [0.1, 0.15) is 30.8 Å². The van der Waals surface area contributed by atoms with Gasteiger partial charge in [0.25, 0.3) is 0 Å². The van der Waals surface area contributed by atoms with Crippen molar-refractivity contribution in [2.45, 2.75) is 38.8 Å². The van der Waals surface area contributed by atoms with Gasteiger partial charge in [-0.05, 0) is 31.9 Å². The molecule has 1 saturated heterocycles. The molecule has 0 bridgehead atoms. The predicted molar refractivity (Wildman–Crippen MR) is 76.5 cm³/mol. The number of nitrogens with one attached hydrogen (secondary N) is 1. The van der Waals surface area contributed by atoms with Gasteiger partial charge in [0.2, 0.25) is 11.8 Å². The molecule has 0 unspecified atom stereocenters. The van der Waals surface area contributed by atoms with Crippen LogP contribution in [0.15, 0.2) is 16.5 Å². The number of likely N-dealkylation sites (tertiary alicyclic amines) is 1. The lowest BCUT2D eigenvalue weighted by molar-refractivity contribution is -0.136. The molecule has 0 aliphatic carbocycles. The van der Waals surface area contributed by atoms with E-state index in [0.717, 1.165) is 12.2 Å². The van der Waals surface area contributed by atoms with E-state index in [4.69, 9.17) is 9.15 Å². The van der Waals surface area contributed by atoms with Crippen LogP contribution >= 0.6 is 0 Å². The molecule has 2 rings (SSSR count). The monoisotopic (exact) mass is 294 g/mol. The summed E-state index contributed by atoms with van der Waals surface area (Å²) in [6.45, 7) is 3.38. The summed E-state index contributed by atoms with van der Waals surface area (Å²) < 4.78 is 10.4. The Kier molecular flexibility index (Phi) is 5.38. The predicted octanol–water partition coefficient (Wildman–Crippen LogP) is 1.23. The zero-order valence-corrected chi connectivity index (χ0v) is 12.6. The molecular weight excluding hydrogens is 272 g/mol. The van der Waals surface area contributed by atoms with E-state index in [1.165, 1.54) is 0 Å². The number of aryl methyl sites for hydroxylation is 1. The average molecular weight is 294 g/mol. The summed E-state index contributed by atoms with van der Waals surface area (Å²) in [6, 6.07) is 3.30. The van der Waals surface area contributed by atoms with Gasteiger partial charge in [-0.1, -0.05) is 0 Å².